The van der Waals surface area contributed by atoms with Crippen molar-refractivity contribution < 1.29 is 9.47 Å². The number of aryl methyl sites for hydroxylation is 2. The van der Waals surface area contributed by atoms with Crippen molar-refractivity contribution in [2.24, 2.45) is 0 Å². The molecule has 2 rings (SSSR count). The lowest BCUT2D eigenvalue weighted by molar-refractivity contribution is 0.412. The first kappa shape index (κ1) is 14.9. The van der Waals surface area contributed by atoms with E-state index in [-0.39, 0.29) is 0 Å². The van der Waals surface area contributed by atoms with Crippen molar-refractivity contribution in [3.05, 3.63) is 59.5 Å². The molecule has 2 aromatic rings. The topological polar surface area (TPSA) is 18.5 Å². The third-order valence-electron chi connectivity index (χ3n) is 3.07. The van der Waals surface area contributed by atoms with E-state index in [0.29, 0.717) is 0 Å². The molecule has 0 heterocycles. The zero-order valence-electron chi connectivity index (χ0n) is 11.9. The highest BCUT2D eigenvalue weighted by Gasteiger charge is 2.08. The van der Waals surface area contributed by atoms with Crippen LogP contribution in [0.4, 0.5) is 0 Å². The number of alkyl halides is 1. The van der Waals surface area contributed by atoms with Gasteiger partial charge in [0.15, 0.2) is 0 Å². The minimum Gasteiger partial charge on any atom is -0.497 e. The van der Waals surface area contributed by atoms with Crippen LogP contribution in [0.1, 0.15) is 16.7 Å². The van der Waals surface area contributed by atoms with Gasteiger partial charge in [-0.25, -0.2) is 0 Å². The fourth-order valence-electron chi connectivity index (χ4n) is 2.11. The number of hydrogen-bond acceptors (Lipinski definition) is 2. The third-order valence-corrected chi connectivity index (χ3v) is 3.40. The summed E-state index contributed by atoms with van der Waals surface area (Å²) in [6.07, 6.45) is 2.14. The molecule has 0 N–H and O–H groups in total. The second-order valence-electron chi connectivity index (χ2n) is 4.62. The van der Waals surface area contributed by atoms with Gasteiger partial charge in [0, 0.05) is 11.8 Å². The molecule has 2 nitrogen and oxygen atoms in total. The quantitative estimate of drug-likeness (QED) is 0.712. The Morgan fingerprint density at radius 3 is 2.05 bits per heavy atom. The van der Waals surface area contributed by atoms with E-state index in [1.807, 2.05) is 24.3 Å². The largest absolute Gasteiger partial charge is 0.497 e. The molecule has 0 spiro atoms. The van der Waals surface area contributed by atoms with E-state index in [1.165, 1.54) is 5.56 Å². The predicted octanol–water partition coefficient (Wildman–Crippen LogP) is 5.05. The molecular weight excluding hydrogens is 316 g/mol. The second kappa shape index (κ2) is 6.80. The van der Waals surface area contributed by atoms with Gasteiger partial charge in [0.05, 0.1) is 7.11 Å². The molecular formula is C17H18BrO2. The van der Waals surface area contributed by atoms with Crippen LogP contribution in [-0.2, 0) is 0 Å². The summed E-state index contributed by atoms with van der Waals surface area (Å²) in [5.41, 5.74) is 3.47. The van der Waals surface area contributed by atoms with Gasteiger partial charge in [0.2, 0.25) is 0 Å². The zero-order valence-corrected chi connectivity index (χ0v) is 13.5. The first-order valence-electron chi connectivity index (χ1n) is 6.46. The van der Waals surface area contributed by atoms with E-state index in [9.17, 15) is 0 Å². The average Bonchev–Trinajstić information content (AvgIpc) is 2.44. The zero-order chi connectivity index (χ0) is 14.5. The average molecular weight is 334 g/mol. The van der Waals surface area contributed by atoms with E-state index < -0.39 is 0 Å². The summed E-state index contributed by atoms with van der Waals surface area (Å²) in [6.45, 7) is 4.13. The standard InChI is InChI=1S/C17H18BrO2/c1-12-10-14(8-9-18)11-13(2)17(12)20-16-6-4-15(19-3)5-7-16/h4-8,10-11H,9H2,1-3H3. The van der Waals surface area contributed by atoms with E-state index in [4.69, 9.17) is 9.47 Å². The molecule has 0 atom stereocenters. The fraction of sp³-hybridized carbons (Fsp3) is 0.235. The summed E-state index contributed by atoms with van der Waals surface area (Å²) >= 11 is 3.42. The van der Waals surface area contributed by atoms with Gasteiger partial charge >= 0.3 is 0 Å². The first-order valence-corrected chi connectivity index (χ1v) is 7.58. The Balaban J connectivity index is 2.23. The van der Waals surface area contributed by atoms with E-state index in [2.05, 4.69) is 48.3 Å². The van der Waals surface area contributed by atoms with Crippen molar-refractivity contribution in [1.82, 2.24) is 0 Å². The maximum Gasteiger partial charge on any atom is 0.133 e. The molecule has 0 saturated carbocycles. The van der Waals surface area contributed by atoms with Gasteiger partial charge in [-0.3, -0.25) is 0 Å². The molecule has 0 aliphatic heterocycles. The Bertz CT molecular complexity index is 553. The van der Waals surface area contributed by atoms with E-state index in [1.54, 1.807) is 7.11 Å². The number of rotatable bonds is 5. The number of benzene rings is 2. The highest BCUT2D eigenvalue weighted by molar-refractivity contribution is 9.09. The maximum absolute atomic E-state index is 5.99. The fourth-order valence-corrected chi connectivity index (χ4v) is 2.49. The van der Waals surface area contributed by atoms with Crippen molar-refractivity contribution >= 4 is 15.9 Å². The lowest BCUT2D eigenvalue weighted by Gasteiger charge is -2.14. The van der Waals surface area contributed by atoms with Gasteiger partial charge in [-0.1, -0.05) is 28.1 Å². The van der Waals surface area contributed by atoms with Crippen LogP contribution in [-0.4, -0.2) is 12.4 Å². The van der Waals surface area contributed by atoms with Gasteiger partial charge in [-0.05, 0) is 54.8 Å². The highest BCUT2D eigenvalue weighted by Crippen LogP contribution is 2.31. The van der Waals surface area contributed by atoms with Gasteiger partial charge in [0.1, 0.15) is 17.2 Å². The Morgan fingerprint density at radius 2 is 1.55 bits per heavy atom. The Kier molecular flexibility index (Phi) is 5.07. The maximum atomic E-state index is 5.99. The van der Waals surface area contributed by atoms with Crippen LogP contribution in [0.2, 0.25) is 0 Å². The van der Waals surface area contributed by atoms with Crippen molar-refractivity contribution in [3.63, 3.8) is 0 Å². The molecule has 0 aromatic heterocycles. The predicted molar refractivity (Wildman–Crippen MR) is 86.2 cm³/mol. The molecule has 1 radical (unpaired) electrons. The molecule has 0 aliphatic carbocycles. The number of hydrogen-bond donors (Lipinski definition) is 0. The van der Waals surface area contributed by atoms with Crippen molar-refractivity contribution in [3.8, 4) is 17.2 Å². The Morgan fingerprint density at radius 1 is 1.00 bits per heavy atom. The second-order valence-corrected chi connectivity index (χ2v) is 5.27. The number of ether oxygens (including phenoxy) is 2. The molecule has 20 heavy (non-hydrogen) atoms. The third kappa shape index (κ3) is 3.54. The summed E-state index contributed by atoms with van der Waals surface area (Å²) < 4.78 is 11.1. The minimum atomic E-state index is 0.814. The molecule has 0 amide bonds. The lowest BCUT2D eigenvalue weighted by Crippen LogP contribution is -1.94. The van der Waals surface area contributed by atoms with Gasteiger partial charge < -0.3 is 9.47 Å². The molecule has 0 bridgehead atoms. The van der Waals surface area contributed by atoms with Gasteiger partial charge in [-0.15, -0.1) is 0 Å². The van der Waals surface area contributed by atoms with Crippen LogP contribution in [0.15, 0.2) is 36.4 Å². The Hall–Kier alpha value is -1.48. The summed E-state index contributed by atoms with van der Waals surface area (Å²) in [4.78, 5) is 0. The number of methoxy groups -OCH3 is 1. The van der Waals surface area contributed by atoms with Crippen molar-refractivity contribution in [2.75, 3.05) is 12.4 Å². The SMILES string of the molecule is COc1ccc(Oc2c(C)cc([CH]CBr)cc2C)cc1. The molecule has 0 aliphatic rings. The van der Waals surface area contributed by atoms with Gasteiger partial charge in [0.25, 0.3) is 0 Å². The van der Waals surface area contributed by atoms with Crippen LogP contribution >= 0.6 is 15.9 Å². The normalized spacial score (nSPS) is 10.4. The monoisotopic (exact) mass is 333 g/mol. The highest BCUT2D eigenvalue weighted by atomic mass is 79.9. The van der Waals surface area contributed by atoms with Crippen molar-refractivity contribution in [2.45, 2.75) is 13.8 Å². The minimum absolute atomic E-state index is 0.814. The molecule has 2 aromatic carbocycles. The lowest BCUT2D eigenvalue weighted by atomic mass is 10.0. The van der Waals surface area contributed by atoms with E-state index >= 15 is 0 Å². The van der Waals surface area contributed by atoms with Gasteiger partial charge in [-0.2, -0.15) is 0 Å². The first-order chi connectivity index (χ1) is 9.63. The van der Waals surface area contributed by atoms with Crippen LogP contribution < -0.4 is 9.47 Å². The van der Waals surface area contributed by atoms with Crippen LogP contribution in [0.5, 0.6) is 17.2 Å². The summed E-state index contributed by atoms with van der Waals surface area (Å²) in [7, 11) is 1.66. The van der Waals surface area contributed by atoms with Crippen LogP contribution in [0.25, 0.3) is 0 Å². The summed E-state index contributed by atoms with van der Waals surface area (Å²) in [6, 6.07) is 11.9. The smallest absolute Gasteiger partial charge is 0.133 e. The number of halogens is 1. The summed E-state index contributed by atoms with van der Waals surface area (Å²) in [5, 5.41) is 0.852. The summed E-state index contributed by atoms with van der Waals surface area (Å²) in [5.74, 6) is 2.56. The molecule has 0 saturated heterocycles. The van der Waals surface area contributed by atoms with E-state index in [0.717, 1.165) is 33.7 Å². The molecule has 0 fully saturated rings. The molecule has 105 valence electrons. The Labute approximate surface area is 128 Å². The van der Waals surface area contributed by atoms with Crippen LogP contribution in [0, 0.1) is 20.3 Å². The molecule has 0 unspecified atom stereocenters. The van der Waals surface area contributed by atoms with Crippen LogP contribution in [0.3, 0.4) is 0 Å². The van der Waals surface area contributed by atoms with Crippen molar-refractivity contribution in [1.29, 1.82) is 0 Å². The molecule has 3 heteroatoms.